The summed E-state index contributed by atoms with van der Waals surface area (Å²) in [7, 11) is 3.23. The van der Waals surface area contributed by atoms with Crippen molar-refractivity contribution in [2.24, 2.45) is 0 Å². The lowest BCUT2D eigenvalue weighted by atomic mass is 10.1. The SMILES string of the molecule is COCCOc1ccc(C(O)c2sccc2OC)cc1Br. The topological polar surface area (TPSA) is 47.9 Å². The second kappa shape index (κ2) is 7.79. The minimum Gasteiger partial charge on any atom is -0.495 e. The van der Waals surface area contributed by atoms with Crippen LogP contribution in [-0.4, -0.2) is 32.5 Å². The van der Waals surface area contributed by atoms with Gasteiger partial charge in [-0.25, -0.2) is 0 Å². The minimum atomic E-state index is -0.718. The third-order valence-electron chi connectivity index (χ3n) is 2.94. The van der Waals surface area contributed by atoms with E-state index in [9.17, 15) is 5.11 Å². The van der Waals surface area contributed by atoms with Gasteiger partial charge in [0.25, 0.3) is 0 Å². The highest BCUT2D eigenvalue weighted by molar-refractivity contribution is 9.10. The van der Waals surface area contributed by atoms with Crippen LogP contribution in [0.3, 0.4) is 0 Å². The molecule has 0 aliphatic rings. The van der Waals surface area contributed by atoms with Gasteiger partial charge in [-0.3, -0.25) is 0 Å². The second-order valence-corrected chi connectivity index (χ2v) is 6.09. The molecule has 21 heavy (non-hydrogen) atoms. The smallest absolute Gasteiger partial charge is 0.135 e. The van der Waals surface area contributed by atoms with Crippen LogP contribution in [0, 0.1) is 0 Å². The summed E-state index contributed by atoms with van der Waals surface area (Å²) < 4.78 is 16.6. The Morgan fingerprint density at radius 2 is 2.00 bits per heavy atom. The van der Waals surface area contributed by atoms with Gasteiger partial charge in [-0.15, -0.1) is 11.3 Å². The van der Waals surface area contributed by atoms with E-state index in [2.05, 4.69) is 15.9 Å². The molecule has 0 fully saturated rings. The van der Waals surface area contributed by atoms with Gasteiger partial charge in [-0.05, 0) is 45.1 Å². The summed E-state index contributed by atoms with van der Waals surface area (Å²) in [5.41, 5.74) is 0.779. The van der Waals surface area contributed by atoms with Crippen LogP contribution in [0.2, 0.25) is 0 Å². The average Bonchev–Trinajstić information content (AvgIpc) is 2.96. The fraction of sp³-hybridized carbons (Fsp3) is 0.333. The first kappa shape index (κ1) is 16.3. The molecular weight excluding hydrogens is 356 g/mol. The minimum absolute atomic E-state index is 0.482. The fourth-order valence-electron chi connectivity index (χ4n) is 1.87. The molecule has 1 aromatic heterocycles. The van der Waals surface area contributed by atoms with Gasteiger partial charge in [0.05, 0.1) is 23.1 Å². The van der Waals surface area contributed by atoms with Crippen LogP contribution in [0.25, 0.3) is 0 Å². The molecule has 1 atom stereocenters. The number of hydrogen-bond acceptors (Lipinski definition) is 5. The van der Waals surface area contributed by atoms with Gasteiger partial charge < -0.3 is 19.3 Å². The standard InChI is InChI=1S/C15H17BrO4S/c1-18-6-7-20-12-4-3-10(9-11(12)16)14(17)15-13(19-2)5-8-21-15/h3-5,8-9,14,17H,6-7H2,1-2H3. The maximum Gasteiger partial charge on any atom is 0.135 e. The van der Waals surface area contributed by atoms with Crippen molar-refractivity contribution in [2.75, 3.05) is 27.4 Å². The Morgan fingerprint density at radius 1 is 1.19 bits per heavy atom. The molecular formula is C15H17BrO4S. The van der Waals surface area contributed by atoms with E-state index in [1.807, 2.05) is 29.6 Å². The zero-order valence-electron chi connectivity index (χ0n) is 11.8. The molecule has 1 heterocycles. The average molecular weight is 373 g/mol. The Bertz CT molecular complexity index is 585. The predicted molar refractivity (Wildman–Crippen MR) is 86.4 cm³/mol. The number of halogens is 1. The molecule has 6 heteroatoms. The van der Waals surface area contributed by atoms with Crippen molar-refractivity contribution in [2.45, 2.75) is 6.10 Å². The van der Waals surface area contributed by atoms with E-state index in [0.717, 1.165) is 20.7 Å². The highest BCUT2D eigenvalue weighted by atomic mass is 79.9. The zero-order valence-corrected chi connectivity index (χ0v) is 14.2. The maximum absolute atomic E-state index is 10.5. The second-order valence-electron chi connectivity index (χ2n) is 4.29. The predicted octanol–water partition coefficient (Wildman–Crippen LogP) is 3.63. The van der Waals surface area contributed by atoms with Crippen molar-refractivity contribution >= 4 is 27.3 Å². The van der Waals surface area contributed by atoms with Gasteiger partial charge >= 0.3 is 0 Å². The van der Waals surface area contributed by atoms with Gasteiger partial charge in [-0.2, -0.15) is 0 Å². The molecule has 0 aliphatic carbocycles. The van der Waals surface area contributed by atoms with Crippen LogP contribution in [0.4, 0.5) is 0 Å². The quantitative estimate of drug-likeness (QED) is 0.753. The zero-order chi connectivity index (χ0) is 15.2. The van der Waals surface area contributed by atoms with Gasteiger partial charge in [0.15, 0.2) is 0 Å². The molecule has 0 amide bonds. The lowest BCUT2D eigenvalue weighted by Crippen LogP contribution is -2.05. The van der Waals surface area contributed by atoms with E-state index in [4.69, 9.17) is 14.2 Å². The van der Waals surface area contributed by atoms with Crippen LogP contribution in [0.15, 0.2) is 34.1 Å². The normalized spacial score (nSPS) is 12.2. The molecule has 0 aliphatic heterocycles. The molecule has 1 aromatic carbocycles. The highest BCUT2D eigenvalue weighted by Gasteiger charge is 2.18. The van der Waals surface area contributed by atoms with Gasteiger partial charge in [0.2, 0.25) is 0 Å². The monoisotopic (exact) mass is 372 g/mol. The number of aliphatic hydroxyl groups excluding tert-OH is 1. The van der Waals surface area contributed by atoms with Crippen molar-refractivity contribution in [3.8, 4) is 11.5 Å². The molecule has 0 bridgehead atoms. The summed E-state index contributed by atoms with van der Waals surface area (Å²) in [6, 6.07) is 7.38. The molecule has 1 N–H and O–H groups in total. The molecule has 114 valence electrons. The maximum atomic E-state index is 10.5. The van der Waals surface area contributed by atoms with Crippen molar-refractivity contribution in [1.82, 2.24) is 0 Å². The summed E-state index contributed by atoms with van der Waals surface area (Å²) >= 11 is 4.93. The number of ether oxygens (including phenoxy) is 3. The molecule has 2 rings (SSSR count). The first-order valence-electron chi connectivity index (χ1n) is 6.38. The number of rotatable bonds is 7. The number of methoxy groups -OCH3 is 2. The molecule has 2 aromatic rings. The summed E-state index contributed by atoms with van der Waals surface area (Å²) in [6.07, 6.45) is -0.718. The molecule has 4 nitrogen and oxygen atoms in total. The number of aliphatic hydroxyl groups is 1. The van der Waals surface area contributed by atoms with Gasteiger partial charge in [-0.1, -0.05) is 6.07 Å². The summed E-state index contributed by atoms with van der Waals surface area (Å²) in [4.78, 5) is 0.789. The third kappa shape index (κ3) is 3.97. The van der Waals surface area contributed by atoms with E-state index in [0.29, 0.717) is 19.0 Å². The van der Waals surface area contributed by atoms with Crippen LogP contribution < -0.4 is 9.47 Å². The van der Waals surface area contributed by atoms with Crippen molar-refractivity contribution in [3.05, 3.63) is 44.6 Å². The molecule has 0 radical (unpaired) electrons. The summed E-state index contributed by atoms with van der Waals surface area (Å²) in [5.74, 6) is 1.42. The van der Waals surface area contributed by atoms with Crippen LogP contribution >= 0.6 is 27.3 Å². The Labute approximate surface area is 136 Å². The van der Waals surface area contributed by atoms with Crippen molar-refractivity contribution in [3.63, 3.8) is 0 Å². The van der Waals surface area contributed by atoms with E-state index in [1.165, 1.54) is 11.3 Å². The first-order valence-corrected chi connectivity index (χ1v) is 8.05. The van der Waals surface area contributed by atoms with Gasteiger partial charge in [0.1, 0.15) is 24.2 Å². The van der Waals surface area contributed by atoms with E-state index < -0.39 is 6.10 Å². The molecule has 0 saturated carbocycles. The largest absolute Gasteiger partial charge is 0.495 e. The third-order valence-corrected chi connectivity index (χ3v) is 4.51. The Morgan fingerprint density at radius 3 is 2.67 bits per heavy atom. The van der Waals surface area contributed by atoms with Crippen LogP contribution in [0.5, 0.6) is 11.5 Å². The van der Waals surface area contributed by atoms with E-state index in [1.54, 1.807) is 14.2 Å². The van der Waals surface area contributed by atoms with Crippen LogP contribution in [0.1, 0.15) is 16.5 Å². The number of thiophene rings is 1. The number of hydrogen-bond donors (Lipinski definition) is 1. The summed E-state index contributed by atoms with van der Waals surface area (Å²) in [6.45, 7) is 1.01. The van der Waals surface area contributed by atoms with Crippen LogP contribution in [-0.2, 0) is 4.74 Å². The Kier molecular flexibility index (Phi) is 6.05. The fourth-order valence-corrected chi connectivity index (χ4v) is 3.25. The lowest BCUT2D eigenvalue weighted by Gasteiger charge is -2.14. The number of benzene rings is 1. The summed E-state index contributed by atoms with van der Waals surface area (Å²) in [5, 5.41) is 12.4. The van der Waals surface area contributed by atoms with E-state index in [-0.39, 0.29) is 0 Å². The van der Waals surface area contributed by atoms with E-state index >= 15 is 0 Å². The first-order chi connectivity index (χ1) is 10.2. The van der Waals surface area contributed by atoms with Gasteiger partial charge in [0, 0.05) is 7.11 Å². The lowest BCUT2D eigenvalue weighted by molar-refractivity contribution is 0.146. The molecule has 1 unspecified atom stereocenters. The molecule has 0 spiro atoms. The molecule has 0 saturated heterocycles. The Hall–Kier alpha value is -1.08. The van der Waals surface area contributed by atoms with Crippen molar-refractivity contribution < 1.29 is 19.3 Å². The highest BCUT2D eigenvalue weighted by Crippen LogP contribution is 2.37. The Balaban J connectivity index is 2.15. The van der Waals surface area contributed by atoms with Crippen molar-refractivity contribution in [1.29, 1.82) is 0 Å².